The van der Waals surface area contributed by atoms with Crippen molar-refractivity contribution in [3.63, 3.8) is 0 Å². The zero-order valence-electron chi connectivity index (χ0n) is 6.61. The maximum Gasteiger partial charge on any atom is 0.0656 e. The van der Waals surface area contributed by atoms with E-state index in [0.29, 0.717) is 0 Å². The molecule has 0 N–H and O–H groups in total. The van der Waals surface area contributed by atoms with E-state index in [-0.39, 0.29) is 5.60 Å². The highest BCUT2D eigenvalue weighted by atomic mass is 16.5. The summed E-state index contributed by atoms with van der Waals surface area (Å²) in [5, 5.41) is 0. The van der Waals surface area contributed by atoms with Crippen molar-refractivity contribution < 1.29 is 4.74 Å². The van der Waals surface area contributed by atoms with Crippen LogP contribution in [0, 0.1) is 5.92 Å². The normalized spacial score (nSPS) is 42.3. The molecule has 0 unspecified atom stereocenters. The third-order valence-corrected chi connectivity index (χ3v) is 2.51. The lowest BCUT2D eigenvalue weighted by Gasteiger charge is -2.43. The van der Waals surface area contributed by atoms with Gasteiger partial charge in [-0.05, 0) is 25.7 Å². The number of ether oxygens (including phenoxy) is 1. The summed E-state index contributed by atoms with van der Waals surface area (Å²) in [5.41, 5.74) is 0.237. The zero-order chi connectivity index (χ0) is 6.91. The average molecular weight is 128 g/mol. The van der Waals surface area contributed by atoms with Crippen LogP contribution in [0.1, 0.15) is 33.1 Å². The molecule has 0 bridgehead atoms. The predicted molar refractivity (Wildman–Crippen MR) is 38.4 cm³/mol. The number of methoxy groups -OCH3 is 1. The topological polar surface area (TPSA) is 9.23 Å². The van der Waals surface area contributed by atoms with Crippen molar-refractivity contribution in [1.29, 1.82) is 0 Å². The van der Waals surface area contributed by atoms with Crippen LogP contribution < -0.4 is 0 Å². The summed E-state index contributed by atoms with van der Waals surface area (Å²) in [4.78, 5) is 0. The molecule has 1 aliphatic rings. The van der Waals surface area contributed by atoms with Crippen LogP contribution in [0.2, 0.25) is 0 Å². The Hall–Kier alpha value is -0.0400. The van der Waals surface area contributed by atoms with Gasteiger partial charge in [0.2, 0.25) is 0 Å². The van der Waals surface area contributed by atoms with Crippen LogP contribution in [0.3, 0.4) is 0 Å². The molecule has 9 heavy (non-hydrogen) atoms. The van der Waals surface area contributed by atoms with E-state index in [0.717, 1.165) is 5.92 Å². The summed E-state index contributed by atoms with van der Waals surface area (Å²) in [5.74, 6) is 0.940. The van der Waals surface area contributed by atoms with Gasteiger partial charge in [-0.2, -0.15) is 0 Å². The van der Waals surface area contributed by atoms with E-state index in [1.54, 1.807) is 0 Å². The second-order valence-corrected chi connectivity index (χ2v) is 3.34. The summed E-state index contributed by atoms with van der Waals surface area (Å²) >= 11 is 0. The summed E-state index contributed by atoms with van der Waals surface area (Å²) in [7, 11) is 1.81. The summed E-state index contributed by atoms with van der Waals surface area (Å²) < 4.78 is 5.31. The molecule has 0 atom stereocenters. The van der Waals surface area contributed by atoms with E-state index in [9.17, 15) is 0 Å². The van der Waals surface area contributed by atoms with Gasteiger partial charge in [0.1, 0.15) is 0 Å². The van der Waals surface area contributed by atoms with E-state index in [2.05, 4.69) is 13.8 Å². The monoisotopic (exact) mass is 128 g/mol. The summed E-state index contributed by atoms with van der Waals surface area (Å²) in [6.45, 7) is 4.44. The third-order valence-electron chi connectivity index (χ3n) is 2.51. The first-order chi connectivity index (χ1) is 4.20. The fourth-order valence-electron chi connectivity index (χ4n) is 1.62. The molecule has 54 valence electrons. The van der Waals surface area contributed by atoms with E-state index in [4.69, 9.17) is 4.74 Å². The first kappa shape index (κ1) is 7.07. The smallest absolute Gasteiger partial charge is 0.0656 e. The molecule has 0 aliphatic heterocycles. The van der Waals surface area contributed by atoms with Crippen LogP contribution in [0.25, 0.3) is 0 Å². The minimum atomic E-state index is 0.237. The van der Waals surface area contributed by atoms with Crippen molar-refractivity contribution in [3.05, 3.63) is 0 Å². The molecule has 0 amide bonds. The summed E-state index contributed by atoms with van der Waals surface area (Å²) in [6.07, 6.45) is 3.85. The van der Waals surface area contributed by atoms with Crippen LogP contribution in [0.5, 0.6) is 0 Å². The largest absolute Gasteiger partial charge is 0.379 e. The molecule has 0 aromatic rings. The van der Waals surface area contributed by atoms with Crippen molar-refractivity contribution >= 4 is 0 Å². The van der Waals surface area contributed by atoms with E-state index in [1.165, 1.54) is 19.3 Å². The Labute approximate surface area is 57.4 Å². The highest BCUT2D eigenvalue weighted by Gasteiger charge is 2.38. The molecule has 0 saturated heterocycles. The Morgan fingerprint density at radius 3 is 2.44 bits per heavy atom. The van der Waals surface area contributed by atoms with Crippen LogP contribution in [-0.2, 0) is 4.74 Å². The second kappa shape index (κ2) is 2.30. The molecular formula is C8H16O. The molecule has 1 saturated carbocycles. The van der Waals surface area contributed by atoms with Crippen molar-refractivity contribution in [1.82, 2.24) is 0 Å². The van der Waals surface area contributed by atoms with E-state index >= 15 is 0 Å². The minimum absolute atomic E-state index is 0.237. The van der Waals surface area contributed by atoms with Gasteiger partial charge >= 0.3 is 0 Å². The van der Waals surface area contributed by atoms with Crippen LogP contribution in [0.4, 0.5) is 0 Å². The van der Waals surface area contributed by atoms with Gasteiger partial charge in [0.25, 0.3) is 0 Å². The molecule has 0 radical (unpaired) electrons. The third kappa shape index (κ3) is 1.26. The van der Waals surface area contributed by atoms with Gasteiger partial charge in [-0.25, -0.2) is 0 Å². The highest BCUT2D eigenvalue weighted by Crippen LogP contribution is 2.41. The highest BCUT2D eigenvalue weighted by molar-refractivity contribution is 4.90. The molecule has 1 heteroatoms. The van der Waals surface area contributed by atoms with Gasteiger partial charge in [-0.1, -0.05) is 13.3 Å². The fraction of sp³-hybridized carbons (Fsp3) is 1.00. The average Bonchev–Trinajstić information content (AvgIpc) is 1.81. The molecule has 0 aromatic carbocycles. The Balaban J connectivity index is 2.24. The fourth-order valence-corrected chi connectivity index (χ4v) is 1.62. The molecule has 1 nitrogen and oxygen atoms in total. The lowest BCUT2D eigenvalue weighted by Crippen LogP contribution is -2.42. The molecular weight excluding hydrogens is 112 g/mol. The SMILES string of the molecule is CCC1CC(C)(OC)C1. The lowest BCUT2D eigenvalue weighted by atomic mass is 9.71. The van der Waals surface area contributed by atoms with Gasteiger partial charge in [0.05, 0.1) is 5.60 Å². The standard InChI is InChI=1S/C8H16O/c1-4-7-5-8(2,6-7)9-3/h7H,4-6H2,1-3H3. The Morgan fingerprint density at radius 2 is 2.11 bits per heavy atom. The number of rotatable bonds is 2. The van der Waals surface area contributed by atoms with E-state index < -0.39 is 0 Å². The van der Waals surface area contributed by atoms with Gasteiger partial charge in [-0.3, -0.25) is 0 Å². The Bertz CT molecular complexity index is 92.7. The summed E-state index contributed by atoms with van der Waals surface area (Å²) in [6, 6.07) is 0. The maximum absolute atomic E-state index is 5.31. The van der Waals surface area contributed by atoms with Crippen LogP contribution in [0.15, 0.2) is 0 Å². The van der Waals surface area contributed by atoms with E-state index in [1.807, 2.05) is 7.11 Å². The maximum atomic E-state index is 5.31. The molecule has 0 heterocycles. The number of hydrogen-bond donors (Lipinski definition) is 0. The zero-order valence-corrected chi connectivity index (χ0v) is 6.61. The Kier molecular flexibility index (Phi) is 1.80. The second-order valence-electron chi connectivity index (χ2n) is 3.34. The number of hydrogen-bond acceptors (Lipinski definition) is 1. The van der Waals surface area contributed by atoms with Gasteiger partial charge < -0.3 is 4.74 Å². The first-order valence-electron chi connectivity index (χ1n) is 3.75. The quantitative estimate of drug-likeness (QED) is 0.554. The molecule has 1 rings (SSSR count). The predicted octanol–water partition coefficient (Wildman–Crippen LogP) is 2.21. The van der Waals surface area contributed by atoms with Crippen LogP contribution >= 0.6 is 0 Å². The van der Waals surface area contributed by atoms with Crippen molar-refractivity contribution in [3.8, 4) is 0 Å². The Morgan fingerprint density at radius 1 is 1.56 bits per heavy atom. The first-order valence-corrected chi connectivity index (χ1v) is 3.75. The lowest BCUT2D eigenvalue weighted by molar-refractivity contribution is -0.0908. The molecule has 1 aliphatic carbocycles. The van der Waals surface area contributed by atoms with Crippen molar-refractivity contribution in [2.75, 3.05) is 7.11 Å². The molecule has 0 aromatic heterocycles. The van der Waals surface area contributed by atoms with Crippen molar-refractivity contribution in [2.45, 2.75) is 38.7 Å². The molecule has 1 fully saturated rings. The van der Waals surface area contributed by atoms with Gasteiger partial charge in [0.15, 0.2) is 0 Å². The van der Waals surface area contributed by atoms with Crippen LogP contribution in [-0.4, -0.2) is 12.7 Å². The van der Waals surface area contributed by atoms with Gasteiger partial charge in [0, 0.05) is 7.11 Å². The van der Waals surface area contributed by atoms with Gasteiger partial charge in [-0.15, -0.1) is 0 Å². The van der Waals surface area contributed by atoms with Crippen molar-refractivity contribution in [2.24, 2.45) is 5.92 Å². The molecule has 0 spiro atoms. The minimum Gasteiger partial charge on any atom is -0.379 e.